The summed E-state index contributed by atoms with van der Waals surface area (Å²) in [7, 11) is 0. The lowest BCUT2D eigenvalue weighted by Gasteiger charge is -2.04. The van der Waals surface area contributed by atoms with Gasteiger partial charge in [0.15, 0.2) is 5.75 Å². The molecular weight excluding hydrogens is 213 g/mol. The maximum absolute atomic E-state index is 10.8. The molecule has 0 aliphatic carbocycles. The highest BCUT2D eigenvalue weighted by atomic mass is 35.5. The second-order valence-electron chi connectivity index (χ2n) is 2.25. The Morgan fingerprint density at radius 1 is 1.46 bits per heavy atom. The molecule has 0 aliphatic heterocycles. The van der Waals surface area contributed by atoms with E-state index >= 15 is 0 Å². The predicted octanol–water partition coefficient (Wildman–Crippen LogP) is 1.86. The maximum atomic E-state index is 10.8. The van der Waals surface area contributed by atoms with Crippen molar-refractivity contribution in [3.05, 3.63) is 28.2 Å². The fourth-order valence-corrected chi connectivity index (χ4v) is 1.04. The molecule has 1 rings (SSSR count). The Bertz CT molecular complexity index is 328. The number of ether oxygens (including phenoxy) is 1. The molecule has 13 heavy (non-hydrogen) atoms. The Kier molecular flexibility index (Phi) is 3.54. The van der Waals surface area contributed by atoms with Gasteiger partial charge in [0.05, 0.1) is 11.6 Å². The fraction of sp³-hybridized carbons (Fsp3) is 0.125. The molecule has 70 valence electrons. The molecule has 0 aromatic heterocycles. The van der Waals surface area contributed by atoms with Crippen LogP contribution in [0.15, 0.2) is 18.2 Å². The zero-order chi connectivity index (χ0) is 9.84. The van der Waals surface area contributed by atoms with Gasteiger partial charge in [0, 0.05) is 11.1 Å². The average Bonchev–Trinajstić information content (AvgIpc) is 2.11. The summed E-state index contributed by atoms with van der Waals surface area (Å²) in [4.78, 5) is 10.8. The third-order valence-electron chi connectivity index (χ3n) is 1.28. The molecule has 0 amide bonds. The van der Waals surface area contributed by atoms with Gasteiger partial charge in [-0.05, 0) is 12.1 Å². The SMILES string of the molecule is NCC(=O)Oc1cc(Cl)ccc1Cl. The van der Waals surface area contributed by atoms with E-state index in [1.807, 2.05) is 0 Å². The molecule has 0 saturated heterocycles. The third-order valence-corrected chi connectivity index (χ3v) is 1.83. The lowest BCUT2D eigenvalue weighted by molar-refractivity contribution is -0.132. The van der Waals surface area contributed by atoms with E-state index in [9.17, 15) is 4.79 Å². The Morgan fingerprint density at radius 2 is 2.15 bits per heavy atom. The molecule has 0 heterocycles. The zero-order valence-corrected chi connectivity index (χ0v) is 8.10. The van der Waals surface area contributed by atoms with E-state index in [2.05, 4.69) is 0 Å². The second-order valence-corrected chi connectivity index (χ2v) is 3.10. The Hall–Kier alpha value is -0.770. The topological polar surface area (TPSA) is 52.3 Å². The standard InChI is InChI=1S/C8H7Cl2NO2/c9-5-1-2-6(10)7(3-5)13-8(12)4-11/h1-3H,4,11H2. The molecule has 3 nitrogen and oxygen atoms in total. The molecule has 1 aromatic carbocycles. The molecule has 0 spiro atoms. The molecular formula is C8H7Cl2NO2. The molecule has 5 heteroatoms. The van der Waals surface area contributed by atoms with Crippen molar-refractivity contribution in [2.24, 2.45) is 5.73 Å². The van der Waals surface area contributed by atoms with Crippen LogP contribution in [0.3, 0.4) is 0 Å². The van der Waals surface area contributed by atoms with Crippen LogP contribution in [0.5, 0.6) is 5.75 Å². The summed E-state index contributed by atoms with van der Waals surface area (Å²) in [6, 6.07) is 4.60. The van der Waals surface area contributed by atoms with Crippen molar-refractivity contribution in [1.29, 1.82) is 0 Å². The molecule has 0 aliphatic rings. The Labute approximate surface area is 85.4 Å². The van der Waals surface area contributed by atoms with Gasteiger partial charge < -0.3 is 10.5 Å². The average molecular weight is 220 g/mol. The van der Waals surface area contributed by atoms with E-state index in [0.717, 1.165) is 0 Å². The minimum Gasteiger partial charge on any atom is -0.424 e. The van der Waals surface area contributed by atoms with Gasteiger partial charge in [-0.2, -0.15) is 0 Å². The number of nitrogens with two attached hydrogens (primary N) is 1. The molecule has 2 N–H and O–H groups in total. The van der Waals surface area contributed by atoms with Crippen molar-refractivity contribution in [3.63, 3.8) is 0 Å². The number of halogens is 2. The fourth-order valence-electron chi connectivity index (χ4n) is 0.720. The van der Waals surface area contributed by atoms with E-state index in [1.54, 1.807) is 12.1 Å². The van der Waals surface area contributed by atoms with E-state index in [4.69, 9.17) is 33.7 Å². The summed E-state index contributed by atoms with van der Waals surface area (Å²) in [5.41, 5.74) is 5.06. The van der Waals surface area contributed by atoms with Crippen molar-refractivity contribution in [3.8, 4) is 5.75 Å². The first-order valence-electron chi connectivity index (χ1n) is 3.49. The van der Waals surface area contributed by atoms with Crippen LogP contribution in [0.25, 0.3) is 0 Å². The highest BCUT2D eigenvalue weighted by molar-refractivity contribution is 6.34. The number of rotatable bonds is 2. The summed E-state index contributed by atoms with van der Waals surface area (Å²) < 4.78 is 4.79. The summed E-state index contributed by atoms with van der Waals surface area (Å²) in [5, 5.41) is 0.774. The molecule has 1 aromatic rings. The minimum absolute atomic E-state index is 0.192. The van der Waals surface area contributed by atoms with Gasteiger partial charge in [0.1, 0.15) is 0 Å². The van der Waals surface area contributed by atoms with Crippen LogP contribution in [-0.2, 0) is 4.79 Å². The first-order chi connectivity index (χ1) is 6.13. The summed E-state index contributed by atoms with van der Waals surface area (Å²) >= 11 is 11.4. The normalized spacial score (nSPS) is 9.77. The highest BCUT2D eigenvalue weighted by Crippen LogP contribution is 2.27. The van der Waals surface area contributed by atoms with Crippen molar-refractivity contribution in [2.45, 2.75) is 0 Å². The van der Waals surface area contributed by atoms with Gasteiger partial charge in [-0.15, -0.1) is 0 Å². The quantitative estimate of drug-likeness (QED) is 0.611. The van der Waals surface area contributed by atoms with Crippen molar-refractivity contribution in [2.75, 3.05) is 6.54 Å². The van der Waals surface area contributed by atoms with Gasteiger partial charge in [0.25, 0.3) is 0 Å². The van der Waals surface area contributed by atoms with Gasteiger partial charge >= 0.3 is 5.97 Å². The van der Waals surface area contributed by atoms with Crippen LogP contribution >= 0.6 is 23.2 Å². The number of hydrogen-bond acceptors (Lipinski definition) is 3. The monoisotopic (exact) mass is 219 g/mol. The van der Waals surface area contributed by atoms with Gasteiger partial charge in [-0.1, -0.05) is 23.2 Å². The number of carbonyl (C=O) groups excluding carboxylic acids is 1. The predicted molar refractivity (Wildman–Crippen MR) is 51.2 cm³/mol. The molecule has 0 radical (unpaired) electrons. The van der Waals surface area contributed by atoms with Gasteiger partial charge in [0.2, 0.25) is 0 Å². The number of carbonyl (C=O) groups is 1. The number of benzene rings is 1. The van der Waals surface area contributed by atoms with Crippen molar-refractivity contribution in [1.82, 2.24) is 0 Å². The summed E-state index contributed by atoms with van der Waals surface area (Å²) in [5.74, 6) is -0.325. The first-order valence-corrected chi connectivity index (χ1v) is 4.25. The van der Waals surface area contributed by atoms with Crippen LogP contribution in [0.4, 0.5) is 0 Å². The molecule has 0 unspecified atom stereocenters. The molecule has 0 saturated carbocycles. The highest BCUT2D eigenvalue weighted by Gasteiger charge is 2.06. The van der Waals surface area contributed by atoms with E-state index in [0.29, 0.717) is 10.0 Å². The third kappa shape index (κ3) is 2.88. The maximum Gasteiger partial charge on any atom is 0.325 e. The van der Waals surface area contributed by atoms with Crippen LogP contribution in [0.1, 0.15) is 0 Å². The van der Waals surface area contributed by atoms with Crippen molar-refractivity contribution < 1.29 is 9.53 Å². The summed E-state index contributed by atoms with van der Waals surface area (Å²) in [6.07, 6.45) is 0. The molecule has 0 fully saturated rings. The smallest absolute Gasteiger partial charge is 0.325 e. The van der Waals surface area contributed by atoms with Crippen LogP contribution in [0.2, 0.25) is 10.0 Å². The van der Waals surface area contributed by atoms with Crippen LogP contribution < -0.4 is 10.5 Å². The Morgan fingerprint density at radius 3 is 2.77 bits per heavy atom. The number of hydrogen-bond donors (Lipinski definition) is 1. The Balaban J connectivity index is 2.87. The first kappa shape index (κ1) is 10.3. The van der Waals surface area contributed by atoms with E-state index in [-0.39, 0.29) is 12.3 Å². The minimum atomic E-state index is -0.552. The van der Waals surface area contributed by atoms with E-state index < -0.39 is 5.97 Å². The summed E-state index contributed by atoms with van der Waals surface area (Å²) in [6.45, 7) is -0.192. The van der Waals surface area contributed by atoms with Crippen LogP contribution in [-0.4, -0.2) is 12.5 Å². The van der Waals surface area contributed by atoms with E-state index in [1.165, 1.54) is 6.07 Å². The lowest BCUT2D eigenvalue weighted by atomic mass is 10.3. The van der Waals surface area contributed by atoms with Gasteiger partial charge in [-0.3, -0.25) is 4.79 Å². The van der Waals surface area contributed by atoms with Crippen LogP contribution in [0, 0.1) is 0 Å². The zero-order valence-electron chi connectivity index (χ0n) is 6.59. The molecule has 0 atom stereocenters. The van der Waals surface area contributed by atoms with Gasteiger partial charge in [-0.25, -0.2) is 0 Å². The van der Waals surface area contributed by atoms with Crippen molar-refractivity contribution >= 4 is 29.2 Å². The molecule has 0 bridgehead atoms. The lowest BCUT2D eigenvalue weighted by Crippen LogP contribution is -2.19. The number of esters is 1. The second kappa shape index (κ2) is 4.46. The largest absolute Gasteiger partial charge is 0.424 e.